The standard InChI is InChI=1S/C29H29NO5/c1-19-5-7-21(8-6-19)22-9-11-23(12-10-22)27-30-26(20(2)34-27)17-18-33-24-13-15-25(16-14-24)35-29(3,4)28(31)32/h5-16H,17-18H2,1-4H3,(H,31,32). The maximum absolute atomic E-state index is 11.2. The molecule has 4 aromatic rings. The first-order valence-electron chi connectivity index (χ1n) is 11.5. The van der Waals surface area contributed by atoms with Crippen molar-refractivity contribution in [3.05, 3.63) is 89.8 Å². The second-order valence-corrected chi connectivity index (χ2v) is 8.95. The van der Waals surface area contributed by atoms with Crippen molar-refractivity contribution >= 4 is 5.97 Å². The van der Waals surface area contributed by atoms with Crippen LogP contribution in [0.1, 0.15) is 30.9 Å². The molecule has 35 heavy (non-hydrogen) atoms. The van der Waals surface area contributed by atoms with E-state index >= 15 is 0 Å². The minimum atomic E-state index is -1.30. The zero-order chi connectivity index (χ0) is 25.0. The zero-order valence-electron chi connectivity index (χ0n) is 20.4. The van der Waals surface area contributed by atoms with E-state index in [2.05, 4.69) is 48.3 Å². The van der Waals surface area contributed by atoms with E-state index in [0.717, 1.165) is 22.6 Å². The number of aliphatic carboxylic acids is 1. The Morgan fingerprint density at radius 1 is 0.857 bits per heavy atom. The topological polar surface area (TPSA) is 81.8 Å². The average Bonchev–Trinajstić information content (AvgIpc) is 3.21. The van der Waals surface area contributed by atoms with Crippen LogP contribution in [0.4, 0.5) is 0 Å². The predicted octanol–water partition coefficient (Wildman–Crippen LogP) is 6.49. The molecule has 0 saturated carbocycles. The van der Waals surface area contributed by atoms with Gasteiger partial charge in [0.2, 0.25) is 5.89 Å². The maximum Gasteiger partial charge on any atom is 0.347 e. The summed E-state index contributed by atoms with van der Waals surface area (Å²) in [6.45, 7) is 7.43. The van der Waals surface area contributed by atoms with Gasteiger partial charge in [0.1, 0.15) is 17.3 Å². The van der Waals surface area contributed by atoms with Crippen molar-refractivity contribution in [1.82, 2.24) is 4.98 Å². The number of rotatable bonds is 9. The lowest BCUT2D eigenvalue weighted by Gasteiger charge is -2.21. The lowest BCUT2D eigenvalue weighted by Crippen LogP contribution is -2.37. The first-order valence-corrected chi connectivity index (χ1v) is 11.5. The molecule has 4 rings (SSSR count). The highest BCUT2D eigenvalue weighted by Crippen LogP contribution is 2.27. The number of carbonyl (C=O) groups is 1. The van der Waals surface area contributed by atoms with Crippen LogP contribution in [0.2, 0.25) is 0 Å². The van der Waals surface area contributed by atoms with Crippen LogP contribution in [0.15, 0.2) is 77.2 Å². The van der Waals surface area contributed by atoms with Crippen molar-refractivity contribution in [2.24, 2.45) is 0 Å². The highest BCUT2D eigenvalue weighted by Gasteiger charge is 2.29. The van der Waals surface area contributed by atoms with E-state index in [9.17, 15) is 9.90 Å². The highest BCUT2D eigenvalue weighted by molar-refractivity contribution is 5.76. The van der Waals surface area contributed by atoms with E-state index in [-0.39, 0.29) is 0 Å². The van der Waals surface area contributed by atoms with Crippen LogP contribution >= 0.6 is 0 Å². The molecule has 1 N–H and O–H groups in total. The fourth-order valence-corrected chi connectivity index (χ4v) is 3.54. The van der Waals surface area contributed by atoms with E-state index in [1.54, 1.807) is 24.3 Å². The number of ether oxygens (including phenoxy) is 2. The van der Waals surface area contributed by atoms with Gasteiger partial charge in [-0.15, -0.1) is 0 Å². The van der Waals surface area contributed by atoms with E-state index in [1.807, 2.05) is 19.1 Å². The molecule has 1 heterocycles. The first kappa shape index (κ1) is 24.1. The number of aryl methyl sites for hydroxylation is 2. The molecular formula is C29H29NO5. The van der Waals surface area contributed by atoms with Gasteiger partial charge in [0.05, 0.1) is 12.3 Å². The summed E-state index contributed by atoms with van der Waals surface area (Å²) in [6, 6.07) is 23.6. The number of benzene rings is 3. The molecule has 0 aliphatic heterocycles. The lowest BCUT2D eigenvalue weighted by molar-refractivity contribution is -0.152. The zero-order valence-corrected chi connectivity index (χ0v) is 20.4. The number of carboxylic acids is 1. The van der Waals surface area contributed by atoms with Crippen molar-refractivity contribution in [2.45, 2.75) is 39.7 Å². The molecule has 0 spiro atoms. The third-order valence-corrected chi connectivity index (χ3v) is 5.73. The van der Waals surface area contributed by atoms with Gasteiger partial charge in [-0.05, 0) is 75.2 Å². The van der Waals surface area contributed by atoms with Crippen LogP contribution in [0.25, 0.3) is 22.6 Å². The van der Waals surface area contributed by atoms with Gasteiger partial charge in [-0.25, -0.2) is 9.78 Å². The second-order valence-electron chi connectivity index (χ2n) is 8.95. The van der Waals surface area contributed by atoms with Crippen LogP contribution in [0.5, 0.6) is 11.5 Å². The van der Waals surface area contributed by atoms with Gasteiger partial charge >= 0.3 is 5.97 Å². The summed E-state index contributed by atoms with van der Waals surface area (Å²) in [5, 5.41) is 9.18. The monoisotopic (exact) mass is 471 g/mol. The Balaban J connectivity index is 1.34. The molecule has 3 aromatic carbocycles. The molecule has 0 saturated heterocycles. The molecule has 180 valence electrons. The number of carboxylic acid groups (broad SMARTS) is 1. The Bertz CT molecular complexity index is 1290. The minimum Gasteiger partial charge on any atom is -0.493 e. The summed E-state index contributed by atoms with van der Waals surface area (Å²) in [5.74, 6) is 1.47. The summed E-state index contributed by atoms with van der Waals surface area (Å²) in [7, 11) is 0. The Kier molecular flexibility index (Phi) is 6.92. The minimum absolute atomic E-state index is 0.431. The van der Waals surface area contributed by atoms with Crippen molar-refractivity contribution in [1.29, 1.82) is 0 Å². The summed E-state index contributed by atoms with van der Waals surface area (Å²) in [6.07, 6.45) is 0.598. The van der Waals surface area contributed by atoms with E-state index in [4.69, 9.17) is 13.9 Å². The van der Waals surface area contributed by atoms with Crippen LogP contribution in [-0.2, 0) is 11.2 Å². The van der Waals surface area contributed by atoms with E-state index < -0.39 is 11.6 Å². The molecule has 0 bridgehead atoms. The van der Waals surface area contributed by atoms with Crippen LogP contribution in [-0.4, -0.2) is 28.3 Å². The normalized spacial score (nSPS) is 11.3. The molecule has 0 unspecified atom stereocenters. The van der Waals surface area contributed by atoms with Crippen molar-refractivity contribution in [2.75, 3.05) is 6.61 Å². The molecular weight excluding hydrogens is 442 g/mol. The van der Waals surface area contributed by atoms with Gasteiger partial charge < -0.3 is 19.0 Å². The largest absolute Gasteiger partial charge is 0.493 e. The molecule has 0 radical (unpaired) electrons. The van der Waals surface area contributed by atoms with E-state index in [0.29, 0.717) is 30.4 Å². The first-order chi connectivity index (χ1) is 16.7. The fourth-order valence-electron chi connectivity index (χ4n) is 3.54. The summed E-state index contributed by atoms with van der Waals surface area (Å²) < 4.78 is 17.3. The van der Waals surface area contributed by atoms with Gasteiger partial charge in [-0.1, -0.05) is 42.0 Å². The highest BCUT2D eigenvalue weighted by atomic mass is 16.5. The Labute approximate surface area is 205 Å². The number of hydrogen-bond acceptors (Lipinski definition) is 5. The molecule has 0 amide bonds. The van der Waals surface area contributed by atoms with Crippen molar-refractivity contribution in [3.63, 3.8) is 0 Å². The Hall–Kier alpha value is -4.06. The second kappa shape index (κ2) is 10.1. The van der Waals surface area contributed by atoms with Crippen molar-refractivity contribution in [3.8, 4) is 34.1 Å². The molecule has 0 fully saturated rings. The summed E-state index contributed by atoms with van der Waals surface area (Å²) >= 11 is 0. The summed E-state index contributed by atoms with van der Waals surface area (Å²) in [5.41, 5.74) is 4.04. The van der Waals surface area contributed by atoms with Gasteiger partial charge in [0.15, 0.2) is 5.60 Å². The molecule has 1 aromatic heterocycles. The molecule has 6 nitrogen and oxygen atoms in total. The van der Waals surface area contributed by atoms with Gasteiger partial charge in [0, 0.05) is 12.0 Å². The number of aromatic nitrogens is 1. The summed E-state index contributed by atoms with van der Waals surface area (Å²) in [4.78, 5) is 15.9. The maximum atomic E-state index is 11.2. The quantitative estimate of drug-likeness (QED) is 0.300. The van der Waals surface area contributed by atoms with Crippen LogP contribution < -0.4 is 9.47 Å². The average molecular weight is 472 g/mol. The number of hydrogen-bond donors (Lipinski definition) is 1. The third kappa shape index (κ3) is 5.90. The van der Waals surface area contributed by atoms with Crippen LogP contribution in [0.3, 0.4) is 0 Å². The molecule has 6 heteroatoms. The predicted molar refractivity (Wildman–Crippen MR) is 135 cm³/mol. The smallest absolute Gasteiger partial charge is 0.347 e. The van der Waals surface area contributed by atoms with Gasteiger partial charge in [0.25, 0.3) is 0 Å². The Morgan fingerprint density at radius 2 is 1.40 bits per heavy atom. The third-order valence-electron chi connectivity index (χ3n) is 5.73. The number of nitrogens with zero attached hydrogens (tertiary/aromatic N) is 1. The van der Waals surface area contributed by atoms with Crippen LogP contribution in [0, 0.1) is 13.8 Å². The fraction of sp³-hybridized carbons (Fsp3) is 0.241. The lowest BCUT2D eigenvalue weighted by atomic mass is 10.0. The van der Waals surface area contributed by atoms with Gasteiger partial charge in [-0.3, -0.25) is 0 Å². The SMILES string of the molecule is Cc1ccc(-c2ccc(-c3nc(CCOc4ccc(OC(C)(C)C(=O)O)cc4)c(C)o3)cc2)cc1. The molecule has 0 aliphatic carbocycles. The molecule has 0 aliphatic rings. The van der Waals surface area contributed by atoms with Crippen molar-refractivity contribution < 1.29 is 23.8 Å². The molecule has 0 atom stereocenters. The Morgan fingerprint density at radius 3 is 2.00 bits per heavy atom. The van der Waals surface area contributed by atoms with Gasteiger partial charge in [-0.2, -0.15) is 0 Å². The number of oxazole rings is 1. The van der Waals surface area contributed by atoms with E-state index in [1.165, 1.54) is 25.0 Å².